The minimum absolute atomic E-state index is 0.0927. The van der Waals surface area contributed by atoms with Gasteiger partial charge in [0.1, 0.15) is 5.69 Å². The number of rotatable bonds is 7. The molecule has 0 bridgehead atoms. The van der Waals surface area contributed by atoms with Crippen LogP contribution in [0.15, 0.2) is 60.9 Å². The van der Waals surface area contributed by atoms with Crippen LogP contribution in [0.4, 0.5) is 11.4 Å². The van der Waals surface area contributed by atoms with Crippen molar-refractivity contribution in [3.63, 3.8) is 0 Å². The van der Waals surface area contributed by atoms with Crippen molar-refractivity contribution in [3.8, 4) is 0 Å². The first-order valence-electron chi connectivity index (χ1n) is 9.11. The quantitative estimate of drug-likeness (QED) is 0.455. The van der Waals surface area contributed by atoms with Gasteiger partial charge in [-0.1, -0.05) is 30.3 Å². The summed E-state index contributed by atoms with van der Waals surface area (Å²) in [6.07, 6.45) is 3.62. The summed E-state index contributed by atoms with van der Waals surface area (Å²) in [4.78, 5) is 26.8. The van der Waals surface area contributed by atoms with Gasteiger partial charge in [0.05, 0.1) is 17.7 Å². The van der Waals surface area contributed by atoms with Crippen molar-refractivity contribution in [1.82, 2.24) is 14.7 Å². The Kier molecular flexibility index (Phi) is 5.92. The van der Waals surface area contributed by atoms with Crippen molar-refractivity contribution in [1.29, 1.82) is 0 Å². The fourth-order valence-corrected chi connectivity index (χ4v) is 3.09. The Balaban J connectivity index is 1.71. The van der Waals surface area contributed by atoms with Crippen LogP contribution in [0.5, 0.6) is 0 Å². The zero-order valence-corrected chi connectivity index (χ0v) is 16.6. The maximum Gasteiger partial charge on any atom is 0.293 e. The molecule has 8 nitrogen and oxygen atoms in total. The molecule has 0 saturated carbocycles. The van der Waals surface area contributed by atoms with Crippen LogP contribution in [-0.2, 0) is 13.1 Å². The zero-order chi connectivity index (χ0) is 21.0. The Morgan fingerprint density at radius 3 is 2.48 bits per heavy atom. The van der Waals surface area contributed by atoms with Crippen molar-refractivity contribution < 1.29 is 9.72 Å². The lowest BCUT2D eigenvalue weighted by Gasteiger charge is -2.18. The molecule has 2 aromatic carbocycles. The van der Waals surface area contributed by atoms with Crippen molar-refractivity contribution in [2.24, 2.45) is 0 Å². The molecule has 0 fully saturated rings. The molecule has 3 rings (SSSR count). The third-order valence-electron chi connectivity index (χ3n) is 4.54. The monoisotopic (exact) mass is 393 g/mol. The molecule has 1 amide bonds. The summed E-state index contributed by atoms with van der Waals surface area (Å²) in [5, 5.41) is 15.7. The van der Waals surface area contributed by atoms with Crippen molar-refractivity contribution in [2.75, 3.05) is 26.0 Å². The fraction of sp³-hybridized carbons (Fsp3) is 0.238. The SMILES string of the molecule is CN(Cc1cnn(Cc2ccccc2)c1)C(=O)c1ccc(N(C)C)c([N+](=O)[O-])c1. The van der Waals surface area contributed by atoms with Crippen molar-refractivity contribution >= 4 is 17.3 Å². The number of nitro groups is 1. The largest absolute Gasteiger partial charge is 0.372 e. The van der Waals surface area contributed by atoms with Crippen LogP contribution in [0.3, 0.4) is 0 Å². The number of hydrogen-bond donors (Lipinski definition) is 0. The second-order valence-corrected chi connectivity index (χ2v) is 7.05. The molecule has 8 heteroatoms. The highest BCUT2D eigenvalue weighted by Gasteiger charge is 2.21. The van der Waals surface area contributed by atoms with Gasteiger partial charge < -0.3 is 9.80 Å². The molecular formula is C21H23N5O3. The van der Waals surface area contributed by atoms with Crippen LogP contribution in [0, 0.1) is 10.1 Å². The maximum atomic E-state index is 12.8. The van der Waals surface area contributed by atoms with E-state index >= 15 is 0 Å². The number of carbonyl (C=O) groups is 1. The molecule has 0 aliphatic heterocycles. The Morgan fingerprint density at radius 2 is 1.83 bits per heavy atom. The molecule has 0 saturated heterocycles. The number of amides is 1. The fourth-order valence-electron chi connectivity index (χ4n) is 3.09. The van der Waals surface area contributed by atoms with Gasteiger partial charge in [-0.05, 0) is 17.7 Å². The molecule has 3 aromatic rings. The van der Waals surface area contributed by atoms with Crippen LogP contribution in [0.1, 0.15) is 21.5 Å². The standard InChI is InChI=1S/C21H23N5O3/c1-23(2)19-10-9-18(11-20(19)26(28)29)21(27)24(3)13-17-12-22-25(15-17)14-16-7-5-4-6-8-16/h4-12,15H,13-14H2,1-3H3. The average Bonchev–Trinajstić information content (AvgIpc) is 3.14. The van der Waals surface area contributed by atoms with Crippen LogP contribution in [-0.4, -0.2) is 46.7 Å². The van der Waals surface area contributed by atoms with Crippen molar-refractivity contribution in [3.05, 3.63) is 87.7 Å². The first-order chi connectivity index (χ1) is 13.8. The van der Waals surface area contributed by atoms with Gasteiger partial charge in [0.25, 0.3) is 11.6 Å². The minimum atomic E-state index is -0.472. The molecule has 0 atom stereocenters. The van der Waals surface area contributed by atoms with E-state index in [2.05, 4.69) is 5.10 Å². The molecule has 0 unspecified atom stereocenters. The van der Waals surface area contributed by atoms with Gasteiger partial charge in [0, 0.05) is 51.1 Å². The first-order valence-corrected chi connectivity index (χ1v) is 9.11. The summed E-state index contributed by atoms with van der Waals surface area (Å²) < 4.78 is 1.82. The maximum absolute atomic E-state index is 12.8. The second kappa shape index (κ2) is 8.55. The number of benzene rings is 2. The van der Waals surface area contributed by atoms with Gasteiger partial charge in [0.15, 0.2) is 0 Å². The Hall–Kier alpha value is -3.68. The zero-order valence-electron chi connectivity index (χ0n) is 16.6. The van der Waals surface area contributed by atoms with E-state index in [4.69, 9.17) is 0 Å². The van der Waals surface area contributed by atoms with E-state index in [1.165, 1.54) is 11.0 Å². The molecule has 150 valence electrons. The topological polar surface area (TPSA) is 84.5 Å². The van der Waals surface area contributed by atoms with E-state index < -0.39 is 4.92 Å². The molecule has 29 heavy (non-hydrogen) atoms. The predicted molar refractivity (Wildman–Crippen MR) is 111 cm³/mol. The van der Waals surface area contributed by atoms with E-state index in [9.17, 15) is 14.9 Å². The summed E-state index contributed by atoms with van der Waals surface area (Å²) >= 11 is 0. The first kappa shape index (κ1) is 20.1. The number of nitro benzene ring substituents is 1. The predicted octanol–water partition coefficient (Wildman–Crippen LogP) is 3.18. The Bertz CT molecular complexity index is 1010. The number of aromatic nitrogens is 2. The van der Waals surface area contributed by atoms with E-state index in [1.807, 2.05) is 41.2 Å². The summed E-state index contributed by atoms with van der Waals surface area (Å²) in [5.41, 5.74) is 2.67. The normalized spacial score (nSPS) is 10.6. The average molecular weight is 393 g/mol. The lowest BCUT2D eigenvalue weighted by atomic mass is 10.1. The summed E-state index contributed by atoms with van der Waals surface area (Å²) in [6.45, 7) is 1.01. The van der Waals surface area contributed by atoms with E-state index in [-0.39, 0.29) is 17.2 Å². The number of hydrogen-bond acceptors (Lipinski definition) is 5. The molecule has 0 N–H and O–H groups in total. The molecule has 0 aliphatic rings. The van der Waals surface area contributed by atoms with Gasteiger partial charge in [-0.15, -0.1) is 0 Å². The highest BCUT2D eigenvalue weighted by molar-refractivity contribution is 5.95. The number of anilines is 1. The summed E-state index contributed by atoms with van der Waals surface area (Å²) in [5.74, 6) is -0.283. The number of carbonyl (C=O) groups excluding carboxylic acids is 1. The Labute approximate surface area is 169 Å². The van der Waals surface area contributed by atoms with Crippen LogP contribution >= 0.6 is 0 Å². The highest BCUT2D eigenvalue weighted by Crippen LogP contribution is 2.28. The third-order valence-corrected chi connectivity index (χ3v) is 4.54. The van der Waals surface area contributed by atoms with Crippen LogP contribution < -0.4 is 4.90 Å². The van der Waals surface area contributed by atoms with Gasteiger partial charge in [-0.2, -0.15) is 5.10 Å². The van der Waals surface area contributed by atoms with Gasteiger partial charge >= 0.3 is 0 Å². The molecule has 1 heterocycles. The van der Waals surface area contributed by atoms with E-state index in [0.717, 1.165) is 11.1 Å². The highest BCUT2D eigenvalue weighted by atomic mass is 16.6. The lowest BCUT2D eigenvalue weighted by Crippen LogP contribution is -2.26. The van der Waals surface area contributed by atoms with Gasteiger partial charge in [-0.25, -0.2) is 0 Å². The smallest absolute Gasteiger partial charge is 0.293 e. The molecule has 0 aliphatic carbocycles. The number of nitrogens with zero attached hydrogens (tertiary/aromatic N) is 5. The Morgan fingerprint density at radius 1 is 1.10 bits per heavy atom. The third kappa shape index (κ3) is 4.78. The molecule has 0 radical (unpaired) electrons. The lowest BCUT2D eigenvalue weighted by molar-refractivity contribution is -0.384. The molecule has 0 spiro atoms. The second-order valence-electron chi connectivity index (χ2n) is 7.05. The van der Waals surface area contributed by atoms with Crippen LogP contribution in [0.25, 0.3) is 0 Å². The van der Waals surface area contributed by atoms with E-state index in [1.54, 1.807) is 44.4 Å². The molecule has 1 aromatic heterocycles. The van der Waals surface area contributed by atoms with Gasteiger partial charge in [0.2, 0.25) is 0 Å². The molecular weight excluding hydrogens is 370 g/mol. The minimum Gasteiger partial charge on any atom is -0.372 e. The van der Waals surface area contributed by atoms with Crippen LogP contribution in [0.2, 0.25) is 0 Å². The van der Waals surface area contributed by atoms with Gasteiger partial charge in [-0.3, -0.25) is 19.6 Å². The van der Waals surface area contributed by atoms with E-state index in [0.29, 0.717) is 18.8 Å². The summed E-state index contributed by atoms with van der Waals surface area (Å²) in [6, 6.07) is 14.5. The van der Waals surface area contributed by atoms with Crippen molar-refractivity contribution in [2.45, 2.75) is 13.1 Å². The summed E-state index contributed by atoms with van der Waals surface area (Å²) in [7, 11) is 5.12.